The largest absolute Gasteiger partial charge is 0.372 e. The molecule has 0 aliphatic heterocycles. The van der Waals surface area contributed by atoms with Gasteiger partial charge in [0.05, 0.1) is 17.4 Å². The van der Waals surface area contributed by atoms with E-state index in [-0.39, 0.29) is 6.04 Å². The van der Waals surface area contributed by atoms with Gasteiger partial charge in [-0.15, -0.1) is 0 Å². The first-order valence-electron chi connectivity index (χ1n) is 10.9. The van der Waals surface area contributed by atoms with E-state index in [1.54, 1.807) is 0 Å². The number of pyridine rings is 1. The van der Waals surface area contributed by atoms with Gasteiger partial charge in [0.15, 0.2) is 0 Å². The van der Waals surface area contributed by atoms with Crippen LogP contribution in [-0.2, 0) is 0 Å². The smallest absolute Gasteiger partial charge is 0.0940 e. The number of nitrogens with zero attached hydrogens (tertiary/aromatic N) is 1. The van der Waals surface area contributed by atoms with Crippen LogP contribution in [0.2, 0.25) is 0 Å². The average molecular weight is 413 g/mol. The van der Waals surface area contributed by atoms with Crippen molar-refractivity contribution < 1.29 is 0 Å². The Morgan fingerprint density at radius 3 is 1.81 bits per heavy atom. The van der Waals surface area contributed by atoms with Gasteiger partial charge < -0.3 is 5.32 Å². The fourth-order valence-corrected chi connectivity index (χ4v) is 3.99. The summed E-state index contributed by atoms with van der Waals surface area (Å²) >= 11 is 0. The lowest BCUT2D eigenvalue weighted by Gasteiger charge is -2.23. The molecule has 0 saturated carbocycles. The predicted octanol–water partition coefficient (Wildman–Crippen LogP) is 7.62. The highest BCUT2D eigenvalue weighted by Crippen LogP contribution is 2.33. The summed E-state index contributed by atoms with van der Waals surface area (Å²) in [4.78, 5) is 5.06. The molecule has 2 nitrogen and oxygen atoms in total. The van der Waals surface area contributed by atoms with E-state index in [0.717, 1.165) is 22.6 Å². The quantitative estimate of drug-likeness (QED) is 0.310. The molecule has 4 aromatic carbocycles. The van der Waals surface area contributed by atoms with Crippen LogP contribution in [0.25, 0.3) is 22.4 Å². The normalized spacial score (nSPS) is 11.6. The molecule has 1 atom stereocenters. The molecule has 2 heteroatoms. The summed E-state index contributed by atoms with van der Waals surface area (Å²) in [7, 11) is 0. The van der Waals surface area contributed by atoms with E-state index >= 15 is 0 Å². The van der Waals surface area contributed by atoms with Gasteiger partial charge in [-0.2, -0.15) is 0 Å². The molecule has 5 aromatic rings. The molecule has 1 N–H and O–H groups in total. The van der Waals surface area contributed by atoms with Gasteiger partial charge in [-0.25, -0.2) is 0 Å². The number of anilines is 1. The van der Waals surface area contributed by atoms with Gasteiger partial charge in [-0.3, -0.25) is 4.98 Å². The van der Waals surface area contributed by atoms with Crippen LogP contribution in [0.1, 0.15) is 17.3 Å². The van der Waals surface area contributed by atoms with Crippen molar-refractivity contribution in [2.45, 2.75) is 6.04 Å². The molecule has 0 spiro atoms. The van der Waals surface area contributed by atoms with E-state index in [4.69, 9.17) is 4.98 Å². The van der Waals surface area contributed by atoms with E-state index in [2.05, 4.69) is 108 Å². The number of benzene rings is 4. The highest BCUT2D eigenvalue weighted by molar-refractivity contribution is 5.78. The van der Waals surface area contributed by atoms with Crippen molar-refractivity contribution >= 4 is 5.69 Å². The van der Waals surface area contributed by atoms with E-state index < -0.39 is 0 Å². The minimum atomic E-state index is -0.0790. The van der Waals surface area contributed by atoms with Crippen LogP contribution in [0.5, 0.6) is 0 Å². The van der Waals surface area contributed by atoms with Gasteiger partial charge in [0, 0.05) is 16.8 Å². The fraction of sp³-hybridized carbons (Fsp3) is 0.0333. The third kappa shape index (κ3) is 4.30. The van der Waals surface area contributed by atoms with Crippen molar-refractivity contribution in [3.05, 3.63) is 145 Å². The number of rotatable bonds is 6. The van der Waals surface area contributed by atoms with E-state index in [0.29, 0.717) is 0 Å². The lowest BCUT2D eigenvalue weighted by molar-refractivity contribution is 0.889. The van der Waals surface area contributed by atoms with E-state index in [9.17, 15) is 0 Å². The summed E-state index contributed by atoms with van der Waals surface area (Å²) in [6, 6.07) is 46.0. The summed E-state index contributed by atoms with van der Waals surface area (Å²) in [6.07, 6.45) is 0. The Labute approximate surface area is 189 Å². The second-order valence-corrected chi connectivity index (χ2v) is 7.71. The summed E-state index contributed by atoms with van der Waals surface area (Å²) in [5.41, 5.74) is 7.70. The van der Waals surface area contributed by atoms with Crippen molar-refractivity contribution in [1.29, 1.82) is 0 Å². The first-order chi connectivity index (χ1) is 15.9. The van der Waals surface area contributed by atoms with Crippen molar-refractivity contribution in [3.8, 4) is 22.4 Å². The number of hydrogen-bond acceptors (Lipinski definition) is 2. The first kappa shape index (κ1) is 19.8. The molecule has 5 rings (SSSR count). The van der Waals surface area contributed by atoms with Crippen LogP contribution in [0.15, 0.2) is 133 Å². The fourth-order valence-electron chi connectivity index (χ4n) is 3.99. The molecule has 1 heterocycles. The highest BCUT2D eigenvalue weighted by Gasteiger charge is 2.18. The maximum absolute atomic E-state index is 5.06. The highest BCUT2D eigenvalue weighted by atomic mass is 15.0. The summed E-state index contributed by atoms with van der Waals surface area (Å²) in [5, 5.41) is 3.79. The van der Waals surface area contributed by atoms with E-state index in [1.807, 2.05) is 30.3 Å². The Hall–Kier alpha value is -4.17. The zero-order valence-corrected chi connectivity index (χ0v) is 17.7. The summed E-state index contributed by atoms with van der Waals surface area (Å²) < 4.78 is 0. The van der Waals surface area contributed by atoms with Crippen LogP contribution in [-0.4, -0.2) is 4.98 Å². The lowest BCUT2D eigenvalue weighted by atomic mass is 9.99. The van der Waals surface area contributed by atoms with Gasteiger partial charge in [-0.05, 0) is 29.3 Å². The van der Waals surface area contributed by atoms with Crippen molar-refractivity contribution in [2.75, 3.05) is 5.32 Å². The number of hydrogen-bond donors (Lipinski definition) is 1. The molecule has 0 amide bonds. The SMILES string of the molecule is c1ccc(-c2cccc(C(Nc3ccccc3-c3ccccc3)c3ccccc3)n2)cc1. The standard InChI is InChI=1S/C30H24N2/c1-4-13-23(14-5-1)26-19-10-11-20-28(26)32-30(25-17-8-3-9-18-25)29-22-12-21-27(31-29)24-15-6-2-7-16-24/h1-22,30,32H. The monoisotopic (exact) mass is 412 g/mol. The number of nitrogens with one attached hydrogen (secondary N) is 1. The van der Waals surface area contributed by atoms with Gasteiger partial charge >= 0.3 is 0 Å². The molecule has 0 saturated heterocycles. The van der Waals surface area contributed by atoms with Crippen LogP contribution in [0.3, 0.4) is 0 Å². The minimum Gasteiger partial charge on any atom is -0.372 e. The molecule has 1 aromatic heterocycles. The second-order valence-electron chi connectivity index (χ2n) is 7.71. The molecule has 0 aliphatic rings. The third-order valence-electron chi connectivity index (χ3n) is 5.58. The summed E-state index contributed by atoms with van der Waals surface area (Å²) in [5.74, 6) is 0. The zero-order valence-electron chi connectivity index (χ0n) is 17.7. The van der Waals surface area contributed by atoms with Crippen LogP contribution < -0.4 is 5.32 Å². The molecule has 32 heavy (non-hydrogen) atoms. The molecule has 1 unspecified atom stereocenters. The van der Waals surface area contributed by atoms with Crippen LogP contribution in [0.4, 0.5) is 5.69 Å². The van der Waals surface area contributed by atoms with Crippen molar-refractivity contribution in [1.82, 2.24) is 4.98 Å². The molecular weight excluding hydrogens is 388 g/mol. The Morgan fingerprint density at radius 2 is 1.09 bits per heavy atom. The first-order valence-corrected chi connectivity index (χ1v) is 10.9. The average Bonchev–Trinajstić information content (AvgIpc) is 2.89. The molecular formula is C30H24N2. The third-order valence-corrected chi connectivity index (χ3v) is 5.58. The van der Waals surface area contributed by atoms with E-state index in [1.165, 1.54) is 16.7 Å². The molecule has 0 bridgehead atoms. The minimum absolute atomic E-state index is 0.0790. The number of para-hydroxylation sites is 1. The predicted molar refractivity (Wildman–Crippen MR) is 133 cm³/mol. The lowest BCUT2D eigenvalue weighted by Crippen LogP contribution is -2.14. The second kappa shape index (κ2) is 9.32. The number of aromatic nitrogens is 1. The Morgan fingerprint density at radius 1 is 0.500 bits per heavy atom. The topological polar surface area (TPSA) is 24.9 Å². The van der Waals surface area contributed by atoms with Gasteiger partial charge in [0.1, 0.15) is 0 Å². The van der Waals surface area contributed by atoms with Crippen molar-refractivity contribution in [2.24, 2.45) is 0 Å². The van der Waals surface area contributed by atoms with Gasteiger partial charge in [0.25, 0.3) is 0 Å². The van der Waals surface area contributed by atoms with Crippen LogP contribution >= 0.6 is 0 Å². The molecule has 154 valence electrons. The summed E-state index contributed by atoms with van der Waals surface area (Å²) in [6.45, 7) is 0. The molecule has 0 aliphatic carbocycles. The zero-order chi connectivity index (χ0) is 21.6. The van der Waals surface area contributed by atoms with Gasteiger partial charge in [-0.1, -0.05) is 115 Å². The Bertz CT molecular complexity index is 1280. The Kier molecular flexibility index (Phi) is 5.76. The molecule has 0 fully saturated rings. The maximum Gasteiger partial charge on any atom is 0.0940 e. The van der Waals surface area contributed by atoms with Crippen molar-refractivity contribution in [3.63, 3.8) is 0 Å². The molecule has 0 radical (unpaired) electrons. The Balaban J connectivity index is 1.58. The maximum atomic E-state index is 5.06. The van der Waals surface area contributed by atoms with Gasteiger partial charge in [0.2, 0.25) is 0 Å². The van der Waals surface area contributed by atoms with Crippen LogP contribution in [0, 0.1) is 0 Å².